The number of nitrogens with zero attached hydrogens (tertiary/aromatic N) is 2. The van der Waals surface area contributed by atoms with E-state index in [0.717, 1.165) is 16.3 Å². The topological polar surface area (TPSA) is 33.2 Å². The SMILES string of the molecule is CCN(CC)C(=O)c1nccc2ccc(C)cc12. The first kappa shape index (κ1) is 12.6. The first-order chi connectivity index (χ1) is 8.67. The summed E-state index contributed by atoms with van der Waals surface area (Å²) in [5, 5.41) is 2.00. The summed E-state index contributed by atoms with van der Waals surface area (Å²) in [4.78, 5) is 18.5. The second kappa shape index (κ2) is 5.17. The van der Waals surface area contributed by atoms with Crippen molar-refractivity contribution >= 4 is 16.7 Å². The normalized spacial score (nSPS) is 10.6. The summed E-state index contributed by atoms with van der Waals surface area (Å²) in [5.74, 6) is 0.0104. The lowest BCUT2D eigenvalue weighted by atomic mass is 10.1. The molecule has 0 fully saturated rings. The number of carbonyl (C=O) groups is 1. The molecule has 2 aromatic rings. The number of hydrogen-bond donors (Lipinski definition) is 0. The van der Waals surface area contributed by atoms with Gasteiger partial charge < -0.3 is 4.90 Å². The van der Waals surface area contributed by atoms with Gasteiger partial charge in [-0.05, 0) is 38.3 Å². The van der Waals surface area contributed by atoms with Crippen LogP contribution in [0.5, 0.6) is 0 Å². The molecule has 0 atom stereocenters. The number of benzene rings is 1. The zero-order valence-electron chi connectivity index (χ0n) is 11.1. The van der Waals surface area contributed by atoms with E-state index >= 15 is 0 Å². The van der Waals surface area contributed by atoms with E-state index < -0.39 is 0 Å². The molecule has 0 spiro atoms. The Morgan fingerprint density at radius 3 is 2.61 bits per heavy atom. The number of pyridine rings is 1. The lowest BCUT2D eigenvalue weighted by Gasteiger charge is -2.18. The molecule has 18 heavy (non-hydrogen) atoms. The highest BCUT2D eigenvalue weighted by Gasteiger charge is 2.16. The number of fused-ring (bicyclic) bond motifs is 1. The fourth-order valence-corrected chi connectivity index (χ4v) is 2.11. The van der Waals surface area contributed by atoms with Crippen molar-refractivity contribution < 1.29 is 4.79 Å². The monoisotopic (exact) mass is 242 g/mol. The third kappa shape index (κ3) is 2.21. The van der Waals surface area contributed by atoms with E-state index in [9.17, 15) is 4.79 Å². The van der Waals surface area contributed by atoms with Crippen LogP contribution in [0, 0.1) is 6.92 Å². The Morgan fingerprint density at radius 1 is 1.22 bits per heavy atom. The lowest BCUT2D eigenvalue weighted by Crippen LogP contribution is -2.31. The summed E-state index contributed by atoms with van der Waals surface area (Å²) in [7, 11) is 0. The van der Waals surface area contributed by atoms with Gasteiger partial charge in [0.1, 0.15) is 5.69 Å². The van der Waals surface area contributed by atoms with Gasteiger partial charge in [0.05, 0.1) is 0 Å². The van der Waals surface area contributed by atoms with Crippen molar-refractivity contribution in [3.8, 4) is 0 Å². The van der Waals surface area contributed by atoms with Crippen molar-refractivity contribution in [2.45, 2.75) is 20.8 Å². The van der Waals surface area contributed by atoms with E-state index in [4.69, 9.17) is 0 Å². The Morgan fingerprint density at radius 2 is 1.94 bits per heavy atom. The predicted molar refractivity (Wildman–Crippen MR) is 73.7 cm³/mol. The van der Waals surface area contributed by atoms with Crippen molar-refractivity contribution in [1.82, 2.24) is 9.88 Å². The number of amides is 1. The molecular formula is C15H18N2O. The number of aromatic nitrogens is 1. The summed E-state index contributed by atoms with van der Waals surface area (Å²) < 4.78 is 0. The third-order valence-electron chi connectivity index (χ3n) is 3.17. The van der Waals surface area contributed by atoms with Crippen molar-refractivity contribution in [3.05, 3.63) is 41.7 Å². The van der Waals surface area contributed by atoms with Gasteiger partial charge in [-0.1, -0.05) is 17.7 Å². The van der Waals surface area contributed by atoms with Crippen LogP contribution in [0.25, 0.3) is 10.8 Å². The van der Waals surface area contributed by atoms with Crippen molar-refractivity contribution in [3.63, 3.8) is 0 Å². The van der Waals surface area contributed by atoms with Crippen LogP contribution in [0.4, 0.5) is 0 Å². The maximum atomic E-state index is 12.4. The fourth-order valence-electron chi connectivity index (χ4n) is 2.11. The van der Waals surface area contributed by atoms with Gasteiger partial charge in [0.2, 0.25) is 0 Å². The molecule has 1 aromatic carbocycles. The summed E-state index contributed by atoms with van der Waals surface area (Å²) >= 11 is 0. The Hall–Kier alpha value is -1.90. The van der Waals surface area contributed by atoms with Crippen LogP contribution in [0.1, 0.15) is 29.9 Å². The molecule has 0 aliphatic carbocycles. The molecular weight excluding hydrogens is 224 g/mol. The van der Waals surface area contributed by atoms with Gasteiger partial charge >= 0.3 is 0 Å². The Labute approximate surface area is 107 Å². The quantitative estimate of drug-likeness (QED) is 0.829. The van der Waals surface area contributed by atoms with Gasteiger partial charge in [-0.3, -0.25) is 9.78 Å². The summed E-state index contributed by atoms with van der Waals surface area (Å²) in [6, 6.07) is 8.05. The van der Waals surface area contributed by atoms with Crippen LogP contribution < -0.4 is 0 Å². The Bertz CT molecular complexity index is 574. The third-order valence-corrected chi connectivity index (χ3v) is 3.17. The smallest absolute Gasteiger partial charge is 0.273 e. The van der Waals surface area contributed by atoms with Crippen molar-refractivity contribution in [2.24, 2.45) is 0 Å². The molecule has 1 heterocycles. The van der Waals surface area contributed by atoms with E-state index in [-0.39, 0.29) is 5.91 Å². The minimum Gasteiger partial charge on any atom is -0.338 e. The van der Waals surface area contributed by atoms with Gasteiger partial charge in [-0.2, -0.15) is 0 Å². The van der Waals surface area contributed by atoms with E-state index in [2.05, 4.69) is 4.98 Å². The number of hydrogen-bond acceptors (Lipinski definition) is 2. The molecule has 1 amide bonds. The minimum atomic E-state index is 0.0104. The molecule has 2 rings (SSSR count). The maximum absolute atomic E-state index is 12.4. The summed E-state index contributed by atoms with van der Waals surface area (Å²) in [6.07, 6.45) is 1.70. The lowest BCUT2D eigenvalue weighted by molar-refractivity contribution is 0.0769. The van der Waals surface area contributed by atoms with Crippen LogP contribution >= 0.6 is 0 Å². The van der Waals surface area contributed by atoms with E-state index in [1.807, 2.05) is 45.0 Å². The highest BCUT2D eigenvalue weighted by atomic mass is 16.2. The first-order valence-corrected chi connectivity index (χ1v) is 6.32. The molecule has 1 aromatic heterocycles. The molecule has 0 aliphatic rings. The number of carbonyl (C=O) groups excluding carboxylic acids is 1. The van der Waals surface area contributed by atoms with Gasteiger partial charge in [-0.25, -0.2) is 0 Å². The Balaban J connectivity index is 2.56. The molecule has 0 bridgehead atoms. The molecule has 0 N–H and O–H groups in total. The van der Waals surface area contributed by atoms with Crippen LogP contribution in [-0.4, -0.2) is 28.9 Å². The summed E-state index contributed by atoms with van der Waals surface area (Å²) in [5.41, 5.74) is 1.70. The van der Waals surface area contributed by atoms with Crippen molar-refractivity contribution in [2.75, 3.05) is 13.1 Å². The van der Waals surface area contributed by atoms with Gasteiger partial charge in [0.15, 0.2) is 0 Å². The van der Waals surface area contributed by atoms with E-state index in [1.165, 1.54) is 0 Å². The maximum Gasteiger partial charge on any atom is 0.273 e. The van der Waals surface area contributed by atoms with Gasteiger partial charge in [-0.15, -0.1) is 0 Å². The van der Waals surface area contributed by atoms with Crippen LogP contribution in [0.2, 0.25) is 0 Å². The fraction of sp³-hybridized carbons (Fsp3) is 0.333. The number of rotatable bonds is 3. The molecule has 0 saturated heterocycles. The molecule has 3 nitrogen and oxygen atoms in total. The second-order valence-electron chi connectivity index (χ2n) is 4.36. The van der Waals surface area contributed by atoms with Crippen molar-refractivity contribution in [1.29, 1.82) is 0 Å². The van der Waals surface area contributed by atoms with E-state index in [0.29, 0.717) is 18.8 Å². The molecule has 0 radical (unpaired) electrons. The summed E-state index contributed by atoms with van der Waals surface area (Å²) in [6.45, 7) is 7.41. The standard InChI is InChI=1S/C15H18N2O/c1-4-17(5-2)15(18)14-13-10-11(3)6-7-12(13)8-9-16-14/h6-10H,4-5H2,1-3H3. The molecule has 94 valence electrons. The van der Waals surface area contributed by atoms with E-state index in [1.54, 1.807) is 11.1 Å². The zero-order valence-corrected chi connectivity index (χ0v) is 11.1. The highest BCUT2D eigenvalue weighted by Crippen LogP contribution is 2.19. The minimum absolute atomic E-state index is 0.0104. The average Bonchev–Trinajstić information content (AvgIpc) is 2.39. The Kier molecular flexibility index (Phi) is 3.60. The molecule has 0 saturated carbocycles. The van der Waals surface area contributed by atoms with Crippen LogP contribution in [0.15, 0.2) is 30.5 Å². The van der Waals surface area contributed by atoms with Gasteiger partial charge in [0, 0.05) is 24.7 Å². The predicted octanol–water partition coefficient (Wildman–Crippen LogP) is 3.03. The highest BCUT2D eigenvalue weighted by molar-refractivity contribution is 6.05. The van der Waals surface area contributed by atoms with Crippen LogP contribution in [0.3, 0.4) is 0 Å². The van der Waals surface area contributed by atoms with Gasteiger partial charge in [0.25, 0.3) is 5.91 Å². The number of aryl methyl sites for hydroxylation is 1. The molecule has 3 heteroatoms. The average molecular weight is 242 g/mol. The molecule has 0 aliphatic heterocycles. The van der Waals surface area contributed by atoms with Crippen LogP contribution in [-0.2, 0) is 0 Å². The zero-order chi connectivity index (χ0) is 13.1. The second-order valence-corrected chi connectivity index (χ2v) is 4.36. The largest absolute Gasteiger partial charge is 0.338 e. The molecule has 0 unspecified atom stereocenters. The first-order valence-electron chi connectivity index (χ1n) is 6.32.